The summed E-state index contributed by atoms with van der Waals surface area (Å²) < 4.78 is 5.23. The third kappa shape index (κ3) is 2.87. The summed E-state index contributed by atoms with van der Waals surface area (Å²) in [5.41, 5.74) is 1.91. The van der Waals surface area contributed by atoms with Crippen LogP contribution in [0.25, 0.3) is 0 Å². The van der Waals surface area contributed by atoms with Gasteiger partial charge in [-0.15, -0.1) is 0 Å². The van der Waals surface area contributed by atoms with Gasteiger partial charge in [0.15, 0.2) is 5.82 Å². The molecule has 0 N–H and O–H groups in total. The molecule has 86 valence electrons. The Labute approximate surface area is 100 Å². The fourth-order valence-electron chi connectivity index (χ4n) is 1.41. The van der Waals surface area contributed by atoms with Crippen LogP contribution < -0.4 is 4.74 Å². The zero-order valence-corrected chi connectivity index (χ0v) is 9.79. The molecule has 0 aliphatic rings. The van der Waals surface area contributed by atoms with E-state index in [2.05, 4.69) is 15.0 Å². The van der Waals surface area contributed by atoms with Gasteiger partial charge in [0.2, 0.25) is 0 Å². The highest BCUT2D eigenvalue weighted by Gasteiger charge is 2.00. The molecule has 1 aromatic heterocycles. The van der Waals surface area contributed by atoms with Gasteiger partial charge in [-0.25, -0.2) is 15.0 Å². The van der Waals surface area contributed by atoms with Gasteiger partial charge in [0, 0.05) is 12.4 Å². The third-order valence-electron chi connectivity index (χ3n) is 2.24. The molecular weight excluding hydrogens is 214 g/mol. The number of benzene rings is 1. The average Bonchev–Trinajstić information content (AvgIpc) is 2.38. The lowest BCUT2D eigenvalue weighted by molar-refractivity contribution is 0.416. The highest BCUT2D eigenvalue weighted by molar-refractivity contribution is 5.78. The minimum atomic E-state index is 0.580. The Balaban J connectivity index is 2.29. The number of aromatic nitrogens is 2. The number of ether oxygens (including phenoxy) is 1. The molecule has 0 saturated carbocycles. The van der Waals surface area contributed by atoms with E-state index in [9.17, 15) is 0 Å². The van der Waals surface area contributed by atoms with E-state index in [-0.39, 0.29) is 0 Å². The Kier molecular flexibility index (Phi) is 3.45. The average molecular weight is 227 g/mol. The summed E-state index contributed by atoms with van der Waals surface area (Å²) in [5.74, 6) is 1.32. The van der Waals surface area contributed by atoms with Crippen molar-refractivity contribution in [3.05, 3.63) is 48.0 Å². The molecule has 4 heteroatoms. The second kappa shape index (κ2) is 5.21. The van der Waals surface area contributed by atoms with Crippen LogP contribution >= 0.6 is 0 Å². The van der Waals surface area contributed by atoms with E-state index in [0.29, 0.717) is 5.82 Å². The fraction of sp³-hybridized carbons (Fsp3) is 0.154. The molecule has 2 rings (SSSR count). The maximum absolute atomic E-state index is 5.23. The van der Waals surface area contributed by atoms with E-state index in [0.717, 1.165) is 17.0 Å². The summed E-state index contributed by atoms with van der Waals surface area (Å²) >= 11 is 0. The molecule has 0 aliphatic carbocycles. The molecule has 0 aliphatic heterocycles. The molecule has 17 heavy (non-hydrogen) atoms. The first-order valence-electron chi connectivity index (χ1n) is 5.25. The summed E-state index contributed by atoms with van der Waals surface area (Å²) in [4.78, 5) is 12.5. The molecule has 0 spiro atoms. The number of aliphatic imine (C=N–C) groups is 1. The molecule has 2 aromatic rings. The fourth-order valence-corrected chi connectivity index (χ4v) is 1.41. The summed E-state index contributed by atoms with van der Waals surface area (Å²) in [6.45, 7) is 2.01. The Morgan fingerprint density at radius 1 is 1.24 bits per heavy atom. The van der Waals surface area contributed by atoms with E-state index in [4.69, 9.17) is 4.74 Å². The van der Waals surface area contributed by atoms with Gasteiger partial charge in [-0.3, -0.25) is 0 Å². The van der Waals surface area contributed by atoms with Crippen LogP contribution in [0.4, 0.5) is 5.69 Å². The number of rotatable bonds is 3. The van der Waals surface area contributed by atoms with Crippen molar-refractivity contribution in [2.75, 3.05) is 7.11 Å². The van der Waals surface area contributed by atoms with Crippen LogP contribution in [-0.4, -0.2) is 23.3 Å². The first-order valence-corrected chi connectivity index (χ1v) is 5.25. The predicted octanol–water partition coefficient (Wildman–Crippen LogP) is 2.54. The maximum atomic E-state index is 5.23. The van der Waals surface area contributed by atoms with Crippen LogP contribution in [0.3, 0.4) is 0 Å². The Bertz CT molecular complexity index is 523. The number of nitrogens with zero attached hydrogens (tertiary/aromatic N) is 3. The summed E-state index contributed by atoms with van der Waals surface area (Å²) in [5, 5.41) is 0. The molecule has 0 saturated heterocycles. The summed E-state index contributed by atoms with van der Waals surface area (Å²) in [7, 11) is 1.63. The van der Waals surface area contributed by atoms with Gasteiger partial charge in [-0.1, -0.05) is 6.07 Å². The van der Waals surface area contributed by atoms with Gasteiger partial charge < -0.3 is 4.74 Å². The summed E-state index contributed by atoms with van der Waals surface area (Å²) in [6, 6.07) is 7.60. The van der Waals surface area contributed by atoms with E-state index in [1.807, 2.05) is 25.1 Å². The van der Waals surface area contributed by atoms with Gasteiger partial charge >= 0.3 is 0 Å². The zero-order chi connectivity index (χ0) is 12.1. The predicted molar refractivity (Wildman–Crippen MR) is 67.0 cm³/mol. The molecule has 0 radical (unpaired) electrons. The van der Waals surface area contributed by atoms with Crippen molar-refractivity contribution in [3.63, 3.8) is 0 Å². The molecule has 0 amide bonds. The van der Waals surface area contributed by atoms with Gasteiger partial charge in [0.05, 0.1) is 13.3 Å². The quantitative estimate of drug-likeness (QED) is 0.757. The van der Waals surface area contributed by atoms with Crippen molar-refractivity contribution < 1.29 is 4.74 Å². The molecule has 0 unspecified atom stereocenters. The number of hydrogen-bond acceptors (Lipinski definition) is 4. The van der Waals surface area contributed by atoms with Gasteiger partial charge in [0.25, 0.3) is 0 Å². The molecule has 0 bridgehead atoms. The zero-order valence-electron chi connectivity index (χ0n) is 9.79. The van der Waals surface area contributed by atoms with E-state index in [1.165, 1.54) is 0 Å². The minimum Gasteiger partial charge on any atom is -0.494 e. The topological polar surface area (TPSA) is 47.4 Å². The first-order chi connectivity index (χ1) is 8.29. The standard InChI is InChI=1S/C13H13N3O/c1-10-4-5-12(17-2)11(8-10)16-9-13-14-6-3-7-15-13/h3-9H,1-2H3. The van der Waals surface area contributed by atoms with Crippen LogP contribution in [0, 0.1) is 6.92 Å². The van der Waals surface area contributed by atoms with Crippen LogP contribution in [0.15, 0.2) is 41.7 Å². The third-order valence-corrected chi connectivity index (χ3v) is 2.24. The van der Waals surface area contributed by atoms with E-state index < -0.39 is 0 Å². The molecular formula is C13H13N3O. The second-order valence-corrected chi connectivity index (χ2v) is 3.54. The Morgan fingerprint density at radius 3 is 2.71 bits per heavy atom. The van der Waals surface area contributed by atoms with E-state index in [1.54, 1.807) is 31.8 Å². The number of methoxy groups -OCH3 is 1. The molecule has 0 fully saturated rings. The molecule has 1 aromatic carbocycles. The van der Waals surface area contributed by atoms with Crippen molar-refractivity contribution in [2.45, 2.75) is 6.92 Å². The Hall–Kier alpha value is -2.23. The summed E-state index contributed by atoms with van der Waals surface area (Å²) in [6.07, 6.45) is 4.99. The van der Waals surface area contributed by atoms with Crippen LogP contribution in [-0.2, 0) is 0 Å². The van der Waals surface area contributed by atoms with Gasteiger partial charge in [-0.05, 0) is 30.7 Å². The van der Waals surface area contributed by atoms with Crippen molar-refractivity contribution in [1.29, 1.82) is 0 Å². The number of aryl methyl sites for hydroxylation is 1. The molecule has 1 heterocycles. The largest absolute Gasteiger partial charge is 0.494 e. The Morgan fingerprint density at radius 2 is 2.00 bits per heavy atom. The van der Waals surface area contributed by atoms with Crippen molar-refractivity contribution in [3.8, 4) is 5.75 Å². The lowest BCUT2D eigenvalue weighted by atomic mass is 10.2. The minimum absolute atomic E-state index is 0.580. The van der Waals surface area contributed by atoms with Crippen molar-refractivity contribution in [2.24, 2.45) is 4.99 Å². The monoisotopic (exact) mass is 227 g/mol. The number of hydrogen-bond donors (Lipinski definition) is 0. The lowest BCUT2D eigenvalue weighted by Crippen LogP contribution is -1.90. The molecule has 0 atom stereocenters. The first kappa shape index (κ1) is 11.3. The second-order valence-electron chi connectivity index (χ2n) is 3.54. The van der Waals surface area contributed by atoms with Crippen molar-refractivity contribution >= 4 is 11.9 Å². The normalized spacial score (nSPS) is 10.7. The highest BCUT2D eigenvalue weighted by atomic mass is 16.5. The van der Waals surface area contributed by atoms with Crippen LogP contribution in [0.2, 0.25) is 0 Å². The lowest BCUT2D eigenvalue weighted by Gasteiger charge is -2.04. The van der Waals surface area contributed by atoms with Gasteiger partial charge in [0.1, 0.15) is 11.4 Å². The SMILES string of the molecule is COc1ccc(C)cc1N=Cc1ncccn1. The van der Waals surface area contributed by atoms with Crippen LogP contribution in [0.5, 0.6) is 5.75 Å². The van der Waals surface area contributed by atoms with Crippen LogP contribution in [0.1, 0.15) is 11.4 Å². The van der Waals surface area contributed by atoms with Crippen molar-refractivity contribution in [1.82, 2.24) is 9.97 Å². The highest BCUT2D eigenvalue weighted by Crippen LogP contribution is 2.27. The smallest absolute Gasteiger partial charge is 0.170 e. The maximum Gasteiger partial charge on any atom is 0.170 e. The van der Waals surface area contributed by atoms with Gasteiger partial charge in [-0.2, -0.15) is 0 Å². The molecule has 4 nitrogen and oxygen atoms in total. The van der Waals surface area contributed by atoms with E-state index >= 15 is 0 Å².